The Balaban J connectivity index is 2.12. The molecule has 24 heavy (non-hydrogen) atoms. The third-order valence-corrected chi connectivity index (χ3v) is 5.15. The molecule has 1 fully saturated rings. The van der Waals surface area contributed by atoms with Crippen LogP contribution in [0.3, 0.4) is 0 Å². The Morgan fingerprint density at radius 2 is 1.83 bits per heavy atom. The highest BCUT2D eigenvalue weighted by Gasteiger charge is 2.29. The smallest absolute Gasteiger partial charge is 0.220 e. The van der Waals surface area contributed by atoms with Crippen LogP contribution in [0.5, 0.6) is 0 Å². The van der Waals surface area contributed by atoms with E-state index in [4.69, 9.17) is 12.2 Å². The van der Waals surface area contributed by atoms with Crippen LogP contribution in [-0.4, -0.2) is 27.9 Å². The van der Waals surface area contributed by atoms with Crippen molar-refractivity contribution in [2.75, 3.05) is 0 Å². The van der Waals surface area contributed by atoms with E-state index in [1.807, 2.05) is 23.1 Å². The highest BCUT2D eigenvalue weighted by molar-refractivity contribution is 7.80. The van der Waals surface area contributed by atoms with Crippen molar-refractivity contribution in [2.45, 2.75) is 71.5 Å². The number of thiocarbonyl (C=S) groups is 1. The number of nitrogens with one attached hydrogen (secondary N) is 1. The predicted molar refractivity (Wildman–Crippen MR) is 104 cm³/mol. The summed E-state index contributed by atoms with van der Waals surface area (Å²) in [7, 11) is 0. The van der Waals surface area contributed by atoms with E-state index in [1.165, 1.54) is 32.1 Å². The molecule has 0 saturated heterocycles. The molecule has 1 amide bonds. The second-order valence-electron chi connectivity index (χ2n) is 7.16. The summed E-state index contributed by atoms with van der Waals surface area (Å²) < 4.78 is 0. The molecule has 132 valence electrons. The molecule has 1 aromatic carbocycles. The zero-order valence-electron chi connectivity index (χ0n) is 15.1. The van der Waals surface area contributed by atoms with Gasteiger partial charge in [0.1, 0.15) is 0 Å². The van der Waals surface area contributed by atoms with Crippen LogP contribution in [0.2, 0.25) is 0 Å². The van der Waals surface area contributed by atoms with Crippen LogP contribution in [0, 0.1) is 5.92 Å². The van der Waals surface area contributed by atoms with E-state index in [9.17, 15) is 4.79 Å². The number of rotatable bonds is 6. The van der Waals surface area contributed by atoms with Crippen molar-refractivity contribution in [1.82, 2.24) is 10.2 Å². The fourth-order valence-electron chi connectivity index (χ4n) is 3.52. The molecule has 1 atom stereocenters. The van der Waals surface area contributed by atoms with Gasteiger partial charge >= 0.3 is 0 Å². The highest BCUT2D eigenvalue weighted by atomic mass is 32.1. The van der Waals surface area contributed by atoms with Crippen molar-refractivity contribution in [3.05, 3.63) is 35.9 Å². The number of nitrogens with zero attached hydrogens (tertiary/aromatic N) is 1. The van der Waals surface area contributed by atoms with Gasteiger partial charge in [-0.25, -0.2) is 0 Å². The zero-order chi connectivity index (χ0) is 17.5. The van der Waals surface area contributed by atoms with Crippen LogP contribution in [-0.2, 0) is 11.3 Å². The fourth-order valence-corrected chi connectivity index (χ4v) is 4.09. The summed E-state index contributed by atoms with van der Waals surface area (Å²) >= 11 is 5.74. The minimum Gasteiger partial charge on any atom is -0.375 e. The lowest BCUT2D eigenvalue weighted by molar-refractivity contribution is -0.131. The van der Waals surface area contributed by atoms with Gasteiger partial charge in [-0.15, -0.1) is 0 Å². The summed E-state index contributed by atoms with van der Waals surface area (Å²) in [4.78, 5) is 15.1. The van der Waals surface area contributed by atoms with E-state index in [-0.39, 0.29) is 17.9 Å². The summed E-state index contributed by atoms with van der Waals surface area (Å²) in [5.41, 5.74) is 1.14. The molecule has 3 nitrogen and oxygen atoms in total. The van der Waals surface area contributed by atoms with Crippen LogP contribution < -0.4 is 5.32 Å². The lowest BCUT2D eigenvalue weighted by atomic mass is 9.94. The van der Waals surface area contributed by atoms with E-state index in [0.29, 0.717) is 12.6 Å². The van der Waals surface area contributed by atoms with Crippen molar-refractivity contribution in [3.8, 4) is 0 Å². The lowest BCUT2D eigenvalue weighted by Crippen LogP contribution is -2.52. The monoisotopic (exact) mass is 346 g/mol. The van der Waals surface area contributed by atoms with Gasteiger partial charge in [0, 0.05) is 19.5 Å². The maximum atomic E-state index is 12.3. The molecule has 1 saturated carbocycles. The normalized spacial score (nSPS) is 16.7. The Bertz CT molecular complexity index is 538. The number of hydrogen-bond donors (Lipinski definition) is 1. The Morgan fingerprint density at radius 3 is 2.38 bits per heavy atom. The summed E-state index contributed by atoms with van der Waals surface area (Å²) in [6, 6.07) is 10.6. The molecule has 0 unspecified atom stereocenters. The van der Waals surface area contributed by atoms with Gasteiger partial charge in [-0.05, 0) is 24.3 Å². The molecule has 1 aliphatic rings. The van der Waals surface area contributed by atoms with E-state index in [2.05, 4.69) is 31.3 Å². The highest BCUT2D eigenvalue weighted by Crippen LogP contribution is 2.21. The van der Waals surface area contributed by atoms with Gasteiger partial charge in [0.2, 0.25) is 5.91 Å². The maximum absolute atomic E-state index is 12.3. The lowest BCUT2D eigenvalue weighted by Gasteiger charge is -2.36. The molecule has 1 aromatic rings. The number of carbonyl (C=O) groups is 1. The number of benzene rings is 1. The molecule has 0 spiro atoms. The van der Waals surface area contributed by atoms with Crippen LogP contribution in [0.1, 0.15) is 58.4 Å². The minimum atomic E-state index is -0.0559. The fraction of sp³-hybridized carbons (Fsp3) is 0.600. The molecule has 1 aliphatic carbocycles. The minimum absolute atomic E-state index is 0.0559. The molecular formula is C20H30N2OS. The molecule has 2 rings (SSSR count). The molecular weight excluding hydrogens is 316 g/mol. The average molecular weight is 347 g/mol. The van der Waals surface area contributed by atoms with Crippen LogP contribution in [0.25, 0.3) is 0 Å². The third-order valence-electron chi connectivity index (χ3n) is 4.79. The van der Waals surface area contributed by atoms with Crippen LogP contribution in [0.4, 0.5) is 0 Å². The third kappa shape index (κ3) is 5.30. The topological polar surface area (TPSA) is 32.3 Å². The molecule has 4 heteroatoms. The maximum Gasteiger partial charge on any atom is 0.220 e. The molecule has 0 heterocycles. The van der Waals surface area contributed by atoms with Gasteiger partial charge in [0.15, 0.2) is 0 Å². The summed E-state index contributed by atoms with van der Waals surface area (Å²) in [6.07, 6.45) is 6.24. The molecule has 0 bridgehead atoms. The average Bonchev–Trinajstić information content (AvgIpc) is 2.55. The Labute approximate surface area is 151 Å². The van der Waals surface area contributed by atoms with Gasteiger partial charge < -0.3 is 10.2 Å². The first-order valence-electron chi connectivity index (χ1n) is 9.10. The van der Waals surface area contributed by atoms with Gasteiger partial charge in [0.05, 0.1) is 11.0 Å². The van der Waals surface area contributed by atoms with Crippen molar-refractivity contribution in [3.63, 3.8) is 0 Å². The Morgan fingerprint density at radius 1 is 1.21 bits per heavy atom. The zero-order valence-corrected chi connectivity index (χ0v) is 15.9. The van der Waals surface area contributed by atoms with Gasteiger partial charge in [-0.2, -0.15) is 0 Å². The summed E-state index contributed by atoms with van der Waals surface area (Å²) in [6.45, 7) is 6.52. The summed E-state index contributed by atoms with van der Waals surface area (Å²) in [5, 5.41) is 3.56. The van der Waals surface area contributed by atoms with E-state index in [0.717, 1.165) is 10.6 Å². The molecule has 0 aromatic heterocycles. The van der Waals surface area contributed by atoms with Crippen molar-refractivity contribution in [1.29, 1.82) is 0 Å². The standard InChI is InChI=1S/C20H30N2OS/c1-15(2)19(20(24)21-18-12-8-5-9-13-18)22(16(3)23)14-17-10-6-4-7-11-17/h4,6-7,10-11,15,18-19H,5,8-9,12-14H2,1-3H3,(H,21,24)/t19-/m0/s1. The quantitative estimate of drug-likeness (QED) is 0.779. The molecule has 0 aliphatic heterocycles. The van der Waals surface area contributed by atoms with Gasteiger partial charge in [0.25, 0.3) is 0 Å². The SMILES string of the molecule is CC(=O)N(Cc1ccccc1)[C@H](C(=S)NC1CCCCC1)C(C)C. The molecule has 1 N–H and O–H groups in total. The Kier molecular flexibility index (Phi) is 7.22. The largest absolute Gasteiger partial charge is 0.375 e. The number of hydrogen-bond acceptors (Lipinski definition) is 2. The number of amides is 1. The predicted octanol–water partition coefficient (Wildman–Crippen LogP) is 4.31. The molecule has 0 radical (unpaired) electrons. The van der Waals surface area contributed by atoms with Gasteiger partial charge in [-0.3, -0.25) is 4.79 Å². The second-order valence-corrected chi connectivity index (χ2v) is 7.60. The Hall–Kier alpha value is -1.42. The van der Waals surface area contributed by atoms with E-state index < -0.39 is 0 Å². The van der Waals surface area contributed by atoms with Crippen molar-refractivity contribution >= 4 is 23.1 Å². The first kappa shape index (κ1) is 18.9. The number of carbonyl (C=O) groups excluding carboxylic acids is 1. The van der Waals surface area contributed by atoms with E-state index >= 15 is 0 Å². The van der Waals surface area contributed by atoms with E-state index in [1.54, 1.807) is 6.92 Å². The first-order chi connectivity index (χ1) is 11.5. The van der Waals surface area contributed by atoms with Crippen LogP contribution >= 0.6 is 12.2 Å². The van der Waals surface area contributed by atoms with Gasteiger partial charge in [-0.1, -0.05) is 75.7 Å². The summed E-state index contributed by atoms with van der Waals surface area (Å²) in [5.74, 6) is 0.353. The van der Waals surface area contributed by atoms with Crippen molar-refractivity contribution < 1.29 is 4.79 Å². The second kappa shape index (κ2) is 9.16. The van der Waals surface area contributed by atoms with Crippen LogP contribution in [0.15, 0.2) is 30.3 Å². The van der Waals surface area contributed by atoms with Crippen molar-refractivity contribution in [2.24, 2.45) is 5.92 Å². The first-order valence-corrected chi connectivity index (χ1v) is 9.51.